The number of halogens is 3. The van der Waals surface area contributed by atoms with E-state index >= 15 is 0 Å². The van der Waals surface area contributed by atoms with Gasteiger partial charge in [0.05, 0.1) is 0 Å². The number of hydrogen-bond acceptors (Lipinski definition) is 3. The van der Waals surface area contributed by atoms with Crippen molar-refractivity contribution in [2.45, 2.75) is 38.3 Å². The van der Waals surface area contributed by atoms with Crippen LogP contribution in [0.25, 0.3) is 0 Å². The Bertz CT molecular complexity index is 511. The lowest BCUT2D eigenvalue weighted by molar-refractivity contribution is -0.141. The fourth-order valence-electron chi connectivity index (χ4n) is 2.56. The minimum atomic E-state index is -4.59. The Hall–Kier alpha value is -1.79. The molecule has 7 heteroatoms. The number of carboxylic acids is 1. The number of nitrogens with one attached hydrogen (secondary N) is 1. The Balaban J connectivity index is 2.16. The van der Waals surface area contributed by atoms with Gasteiger partial charge in [0.25, 0.3) is 0 Å². The largest absolute Gasteiger partial charge is 0.478 e. The number of carbonyl (C=O) groups is 1. The molecule has 1 saturated carbocycles. The summed E-state index contributed by atoms with van der Waals surface area (Å²) in [4.78, 5) is 14.5. The van der Waals surface area contributed by atoms with E-state index in [1.54, 1.807) is 0 Å². The molecular weight excluding hydrogens is 285 g/mol. The summed E-state index contributed by atoms with van der Waals surface area (Å²) in [7, 11) is 0. The number of anilines is 1. The van der Waals surface area contributed by atoms with Gasteiger partial charge in [-0.2, -0.15) is 13.2 Å². The monoisotopic (exact) mass is 302 g/mol. The van der Waals surface area contributed by atoms with E-state index in [1.165, 1.54) is 6.42 Å². The summed E-state index contributed by atoms with van der Waals surface area (Å²) >= 11 is 0. The van der Waals surface area contributed by atoms with Crippen molar-refractivity contribution in [1.82, 2.24) is 4.98 Å². The van der Waals surface area contributed by atoms with Gasteiger partial charge in [-0.15, -0.1) is 0 Å². The van der Waals surface area contributed by atoms with Crippen molar-refractivity contribution in [3.05, 3.63) is 23.4 Å². The highest BCUT2D eigenvalue weighted by molar-refractivity contribution is 5.93. The first-order valence-corrected chi connectivity index (χ1v) is 6.93. The van der Waals surface area contributed by atoms with Crippen LogP contribution in [-0.2, 0) is 6.18 Å². The third-order valence-corrected chi connectivity index (χ3v) is 3.70. The molecule has 0 aliphatic heterocycles. The van der Waals surface area contributed by atoms with Crippen molar-refractivity contribution in [1.29, 1.82) is 0 Å². The maximum atomic E-state index is 12.7. The predicted molar refractivity (Wildman–Crippen MR) is 71.3 cm³/mol. The molecule has 4 nitrogen and oxygen atoms in total. The molecule has 116 valence electrons. The molecule has 0 amide bonds. The highest BCUT2D eigenvalue weighted by Gasteiger charge is 2.33. The van der Waals surface area contributed by atoms with Crippen molar-refractivity contribution < 1.29 is 23.1 Å². The second kappa shape index (κ2) is 6.32. The minimum absolute atomic E-state index is 0.206. The molecule has 0 saturated heterocycles. The molecular formula is C14H17F3N2O2. The highest BCUT2D eigenvalue weighted by atomic mass is 19.4. The van der Waals surface area contributed by atoms with Crippen LogP contribution in [0.15, 0.2) is 12.1 Å². The van der Waals surface area contributed by atoms with E-state index in [-0.39, 0.29) is 11.4 Å². The van der Waals surface area contributed by atoms with Crippen LogP contribution in [0.5, 0.6) is 0 Å². The van der Waals surface area contributed by atoms with Crippen molar-refractivity contribution in [2.75, 3.05) is 11.9 Å². The van der Waals surface area contributed by atoms with Crippen molar-refractivity contribution in [3.63, 3.8) is 0 Å². The number of pyridine rings is 1. The summed E-state index contributed by atoms with van der Waals surface area (Å²) in [6, 6.07) is 1.64. The quantitative estimate of drug-likeness (QED) is 0.888. The van der Waals surface area contributed by atoms with Gasteiger partial charge in [-0.05, 0) is 30.9 Å². The van der Waals surface area contributed by atoms with Crippen LogP contribution in [0.4, 0.5) is 19.0 Å². The standard InChI is InChI=1S/C14H17F3N2O2/c15-14(16,17)11-7-6-10(13(20)21)12(19-11)18-8-9-4-2-1-3-5-9/h6-7,9H,1-5,8H2,(H,18,19)(H,20,21). The summed E-state index contributed by atoms with van der Waals surface area (Å²) in [5.41, 5.74) is -1.32. The van der Waals surface area contributed by atoms with E-state index in [0.29, 0.717) is 18.5 Å². The Labute approximate surface area is 120 Å². The zero-order valence-corrected chi connectivity index (χ0v) is 11.4. The highest BCUT2D eigenvalue weighted by Crippen LogP contribution is 2.30. The van der Waals surface area contributed by atoms with Gasteiger partial charge in [-0.25, -0.2) is 9.78 Å². The average Bonchev–Trinajstić information content (AvgIpc) is 2.45. The van der Waals surface area contributed by atoms with E-state index in [4.69, 9.17) is 5.11 Å². The van der Waals surface area contributed by atoms with E-state index in [0.717, 1.165) is 31.7 Å². The van der Waals surface area contributed by atoms with Crippen molar-refractivity contribution >= 4 is 11.8 Å². The van der Waals surface area contributed by atoms with Gasteiger partial charge in [-0.1, -0.05) is 19.3 Å². The molecule has 2 rings (SSSR count). The predicted octanol–water partition coefficient (Wildman–Crippen LogP) is 3.79. The molecule has 1 aromatic heterocycles. The summed E-state index contributed by atoms with van der Waals surface area (Å²) in [6.07, 6.45) is 0.821. The molecule has 0 aromatic carbocycles. The van der Waals surface area contributed by atoms with Gasteiger partial charge < -0.3 is 10.4 Å². The topological polar surface area (TPSA) is 62.2 Å². The Morgan fingerprint density at radius 1 is 1.29 bits per heavy atom. The van der Waals surface area contributed by atoms with Gasteiger partial charge in [0.2, 0.25) is 0 Å². The minimum Gasteiger partial charge on any atom is -0.478 e. The summed E-state index contributed by atoms with van der Waals surface area (Å²) in [6.45, 7) is 0.453. The number of aromatic carboxylic acids is 1. The van der Waals surface area contributed by atoms with E-state index < -0.39 is 17.8 Å². The maximum Gasteiger partial charge on any atom is 0.433 e. The lowest BCUT2D eigenvalue weighted by atomic mass is 9.89. The van der Waals surface area contributed by atoms with Gasteiger partial charge in [0.15, 0.2) is 0 Å². The number of nitrogens with zero attached hydrogens (tertiary/aromatic N) is 1. The van der Waals surface area contributed by atoms with Crippen LogP contribution >= 0.6 is 0 Å². The number of aromatic nitrogens is 1. The van der Waals surface area contributed by atoms with Gasteiger partial charge >= 0.3 is 12.1 Å². The number of hydrogen-bond donors (Lipinski definition) is 2. The Morgan fingerprint density at radius 2 is 1.95 bits per heavy atom. The lowest BCUT2D eigenvalue weighted by Crippen LogP contribution is -2.20. The molecule has 1 fully saturated rings. The first-order valence-electron chi connectivity index (χ1n) is 6.93. The molecule has 0 spiro atoms. The number of carboxylic acid groups (broad SMARTS) is 1. The fourth-order valence-corrected chi connectivity index (χ4v) is 2.56. The van der Waals surface area contributed by atoms with Crippen LogP contribution in [-0.4, -0.2) is 22.6 Å². The number of alkyl halides is 3. The molecule has 1 aromatic rings. The lowest BCUT2D eigenvalue weighted by Gasteiger charge is -2.22. The first kappa shape index (κ1) is 15.6. The normalized spacial score (nSPS) is 16.7. The Kier molecular flexibility index (Phi) is 4.69. The van der Waals surface area contributed by atoms with E-state index in [1.807, 2.05) is 0 Å². The van der Waals surface area contributed by atoms with Gasteiger partial charge in [-0.3, -0.25) is 0 Å². The molecule has 21 heavy (non-hydrogen) atoms. The molecule has 1 aliphatic rings. The molecule has 2 N–H and O–H groups in total. The van der Waals surface area contributed by atoms with Crippen LogP contribution in [0.1, 0.15) is 48.2 Å². The molecule has 0 unspecified atom stereocenters. The van der Waals surface area contributed by atoms with Gasteiger partial charge in [0.1, 0.15) is 17.1 Å². The maximum absolute atomic E-state index is 12.7. The van der Waals surface area contributed by atoms with Crippen molar-refractivity contribution in [2.24, 2.45) is 5.92 Å². The molecule has 0 atom stereocenters. The second-order valence-electron chi connectivity index (χ2n) is 5.28. The fraction of sp³-hybridized carbons (Fsp3) is 0.571. The smallest absolute Gasteiger partial charge is 0.433 e. The molecule has 1 heterocycles. The van der Waals surface area contributed by atoms with Crippen LogP contribution in [0.2, 0.25) is 0 Å². The van der Waals surface area contributed by atoms with Gasteiger partial charge in [0, 0.05) is 6.54 Å². The van der Waals surface area contributed by atoms with E-state index in [2.05, 4.69) is 10.3 Å². The third kappa shape index (κ3) is 4.09. The van der Waals surface area contributed by atoms with Crippen molar-refractivity contribution in [3.8, 4) is 0 Å². The first-order chi connectivity index (χ1) is 9.88. The Morgan fingerprint density at radius 3 is 2.52 bits per heavy atom. The number of rotatable bonds is 4. The zero-order chi connectivity index (χ0) is 15.5. The summed E-state index contributed by atoms with van der Waals surface area (Å²) in [5.74, 6) is -1.14. The average molecular weight is 302 g/mol. The molecule has 0 radical (unpaired) electrons. The van der Waals surface area contributed by atoms with Crippen LogP contribution < -0.4 is 5.32 Å². The molecule has 0 bridgehead atoms. The molecule has 1 aliphatic carbocycles. The van der Waals surface area contributed by atoms with E-state index in [9.17, 15) is 18.0 Å². The second-order valence-corrected chi connectivity index (χ2v) is 5.28. The third-order valence-electron chi connectivity index (χ3n) is 3.70. The SMILES string of the molecule is O=C(O)c1ccc(C(F)(F)F)nc1NCC1CCCCC1. The summed E-state index contributed by atoms with van der Waals surface area (Å²) < 4.78 is 38.0. The van der Waals surface area contributed by atoms with Crippen LogP contribution in [0, 0.1) is 5.92 Å². The zero-order valence-electron chi connectivity index (χ0n) is 11.4. The van der Waals surface area contributed by atoms with Crippen LogP contribution in [0.3, 0.4) is 0 Å². The summed E-state index contributed by atoms with van der Waals surface area (Å²) in [5, 5.41) is 11.8.